The third kappa shape index (κ3) is 18.6. The normalized spacial score (nSPS) is 20.6. The Morgan fingerprint density at radius 3 is 1.76 bits per heavy atom. The molecule has 2 aromatic rings. The molecule has 0 bridgehead atoms. The second-order valence-electron chi connectivity index (χ2n) is 19.0. The van der Waals surface area contributed by atoms with Gasteiger partial charge in [-0.25, -0.2) is 14.3 Å². The molecule has 5 unspecified atom stereocenters. The molecule has 4 aliphatic carbocycles. The minimum Gasteiger partial charge on any atom is -0.449 e. The molecule has 390 valence electrons. The summed E-state index contributed by atoms with van der Waals surface area (Å²) in [5, 5.41) is 13.0. The van der Waals surface area contributed by atoms with Crippen LogP contribution in [-0.4, -0.2) is 150 Å². The fourth-order valence-electron chi connectivity index (χ4n) is 9.94. The Kier molecular flexibility index (Phi) is 23.1. The molecule has 18 nitrogen and oxygen atoms in total. The summed E-state index contributed by atoms with van der Waals surface area (Å²) in [5.74, 6) is 9.22. The number of fused-ring (bicyclic) bond motifs is 3. The number of rotatable bonds is 32. The monoisotopic (exact) mass is 989 g/mol. The number of alkyl carbamates (subject to hydrolysis) is 2. The van der Waals surface area contributed by atoms with Crippen LogP contribution in [-0.2, 0) is 55.6 Å². The van der Waals surface area contributed by atoms with Gasteiger partial charge in [-0.15, -0.1) is 11.8 Å². The lowest BCUT2D eigenvalue weighted by Crippen LogP contribution is -2.37. The number of hydrogen-bond acceptors (Lipinski definition) is 13. The molecule has 4 amide bonds. The third-order valence-corrected chi connectivity index (χ3v) is 14.2. The first-order chi connectivity index (χ1) is 34.6. The maximum Gasteiger partial charge on any atom is 0.407 e. The van der Waals surface area contributed by atoms with E-state index in [1.54, 1.807) is 31.2 Å². The molecule has 5 atom stereocenters. The zero-order chi connectivity index (χ0) is 50.2. The Bertz CT molecular complexity index is 2050. The van der Waals surface area contributed by atoms with Crippen LogP contribution in [0.25, 0.3) is 5.69 Å². The first-order valence-electron chi connectivity index (χ1n) is 25.8. The van der Waals surface area contributed by atoms with Crippen molar-refractivity contribution in [2.45, 2.75) is 96.3 Å². The van der Waals surface area contributed by atoms with Gasteiger partial charge in [0.25, 0.3) is 5.91 Å². The standard InChI is InChI=1S/C53H76N6O12/c1-54-51(63)38-13-16-40(17-14-38)59-35-39-15-18-45-46(19-20-49(39)57-59)48(45)37-71-53(65)56-25-8-10-42(61)22-29-68-32-27-58(50(62)23-30-69-34-33-66-2)26-31-67-28-21-41(60)9-7-24-55-52(64)70-36-47-43-11-5-3-4-6-12-44(43)47/h13-14,16-17,35,43-48H,5-12,15,18-34,36-37H2,1-2H3,(H,54,63)(H,55,64)(H,56,65). The van der Waals surface area contributed by atoms with Crippen LogP contribution >= 0.6 is 0 Å². The number of Topliss-reactive ketones (excluding diaryl/α,β-unsaturated/α-hetero) is 2. The number of ether oxygens (including phenoxy) is 6. The van der Waals surface area contributed by atoms with Crippen LogP contribution in [0, 0.1) is 47.3 Å². The van der Waals surface area contributed by atoms with Crippen molar-refractivity contribution in [1.29, 1.82) is 0 Å². The Balaban J connectivity index is 0.763. The number of amides is 4. The molecule has 0 spiro atoms. The Morgan fingerprint density at radius 2 is 1.20 bits per heavy atom. The summed E-state index contributed by atoms with van der Waals surface area (Å²) in [7, 11) is 3.20. The topological polar surface area (TPSA) is 215 Å². The molecule has 0 saturated heterocycles. The second kappa shape index (κ2) is 29.9. The summed E-state index contributed by atoms with van der Waals surface area (Å²) >= 11 is 0. The van der Waals surface area contributed by atoms with Gasteiger partial charge in [0, 0.05) is 90.6 Å². The van der Waals surface area contributed by atoms with Crippen LogP contribution in [0.4, 0.5) is 9.59 Å². The number of nitrogens with zero attached hydrogens (tertiary/aromatic N) is 3. The summed E-state index contributed by atoms with van der Waals surface area (Å²) < 4.78 is 34.9. The number of carbonyl (C=O) groups excluding carboxylic acids is 6. The quantitative estimate of drug-likeness (QED) is 0.0631. The molecule has 4 aliphatic rings. The Labute approximate surface area is 418 Å². The number of benzene rings is 1. The lowest BCUT2D eigenvalue weighted by molar-refractivity contribution is -0.134. The third-order valence-electron chi connectivity index (χ3n) is 14.2. The summed E-state index contributed by atoms with van der Waals surface area (Å²) in [4.78, 5) is 76.3. The van der Waals surface area contributed by atoms with Gasteiger partial charge in [0.15, 0.2) is 0 Å². The molecule has 71 heavy (non-hydrogen) atoms. The summed E-state index contributed by atoms with van der Waals surface area (Å²) in [5.41, 5.74) is 3.86. The predicted octanol–water partition coefficient (Wildman–Crippen LogP) is 5.26. The van der Waals surface area contributed by atoms with Crippen molar-refractivity contribution < 1.29 is 57.2 Å². The van der Waals surface area contributed by atoms with Crippen molar-refractivity contribution >= 4 is 35.6 Å². The fraction of sp³-hybridized carbons (Fsp3) is 0.679. The van der Waals surface area contributed by atoms with Crippen LogP contribution in [0.5, 0.6) is 0 Å². The number of aryl methyl sites for hydroxylation is 2. The average molecular weight is 989 g/mol. The minimum atomic E-state index is -0.468. The molecular formula is C53H76N6O12. The molecule has 2 saturated carbocycles. The molecule has 1 heterocycles. The number of hydrogen-bond donors (Lipinski definition) is 3. The van der Waals surface area contributed by atoms with E-state index in [9.17, 15) is 28.8 Å². The number of aromatic nitrogens is 2. The zero-order valence-corrected chi connectivity index (χ0v) is 41.9. The highest BCUT2D eigenvalue weighted by atomic mass is 16.6. The van der Waals surface area contributed by atoms with E-state index in [0.29, 0.717) is 119 Å². The number of carbonyl (C=O) groups is 6. The van der Waals surface area contributed by atoms with Crippen molar-refractivity contribution in [3.05, 3.63) is 47.3 Å². The molecule has 3 N–H and O–H groups in total. The van der Waals surface area contributed by atoms with Crippen LogP contribution in [0.2, 0.25) is 0 Å². The fourth-order valence-corrected chi connectivity index (χ4v) is 9.94. The lowest BCUT2D eigenvalue weighted by Gasteiger charge is -2.23. The van der Waals surface area contributed by atoms with Crippen molar-refractivity contribution in [1.82, 2.24) is 30.6 Å². The van der Waals surface area contributed by atoms with Crippen molar-refractivity contribution in [3.63, 3.8) is 0 Å². The van der Waals surface area contributed by atoms with Gasteiger partial charge >= 0.3 is 12.2 Å². The van der Waals surface area contributed by atoms with Crippen molar-refractivity contribution in [2.75, 3.05) is 99.8 Å². The van der Waals surface area contributed by atoms with Crippen LogP contribution in [0.1, 0.15) is 105 Å². The van der Waals surface area contributed by atoms with E-state index in [0.717, 1.165) is 62.7 Å². The smallest absolute Gasteiger partial charge is 0.407 e. The van der Waals surface area contributed by atoms with E-state index in [1.165, 1.54) is 5.56 Å². The van der Waals surface area contributed by atoms with Gasteiger partial charge < -0.3 is 49.3 Å². The van der Waals surface area contributed by atoms with Gasteiger partial charge in [-0.3, -0.25) is 19.2 Å². The lowest BCUT2D eigenvalue weighted by atomic mass is 9.99. The molecular weight excluding hydrogens is 913 g/mol. The highest BCUT2D eigenvalue weighted by molar-refractivity contribution is 5.94. The Morgan fingerprint density at radius 1 is 0.662 bits per heavy atom. The summed E-state index contributed by atoms with van der Waals surface area (Å²) in [6, 6.07) is 7.41. The maximum atomic E-state index is 13.0. The van der Waals surface area contributed by atoms with Gasteiger partial charge in [-0.2, -0.15) is 5.10 Å². The molecule has 6 rings (SSSR count). The average Bonchev–Trinajstić information content (AvgIpc) is 4.17. The van der Waals surface area contributed by atoms with E-state index >= 15 is 0 Å². The van der Waals surface area contributed by atoms with E-state index < -0.39 is 12.2 Å². The minimum absolute atomic E-state index is 0.0202. The SMILES string of the molecule is CNC(=O)c1ccc(-n2cc3c(n2)CCC2C(CC3)C2COC(=O)NCCCC(=O)CCOCCN(CCOCCC(=O)CCCNC(=O)OCC2C3CCC#CCCC32)C(=O)CCOCCOC)cc1. The predicted molar refractivity (Wildman–Crippen MR) is 263 cm³/mol. The largest absolute Gasteiger partial charge is 0.449 e. The van der Waals surface area contributed by atoms with Crippen LogP contribution < -0.4 is 16.0 Å². The first kappa shape index (κ1) is 55.0. The molecule has 0 radical (unpaired) electrons. The van der Waals surface area contributed by atoms with Gasteiger partial charge in [-0.05, 0) is 117 Å². The highest BCUT2D eigenvalue weighted by Gasteiger charge is 2.50. The summed E-state index contributed by atoms with van der Waals surface area (Å²) in [6.45, 7) is 4.09. The molecule has 2 fully saturated rings. The number of methoxy groups -OCH3 is 1. The van der Waals surface area contributed by atoms with Gasteiger partial charge in [0.2, 0.25) is 5.91 Å². The second-order valence-corrected chi connectivity index (χ2v) is 19.0. The Hall–Kier alpha value is -5.35. The van der Waals surface area contributed by atoms with Crippen molar-refractivity contribution in [2.24, 2.45) is 35.5 Å². The van der Waals surface area contributed by atoms with Gasteiger partial charge in [0.1, 0.15) is 11.6 Å². The number of nitrogens with one attached hydrogen (secondary N) is 3. The zero-order valence-electron chi connectivity index (χ0n) is 41.9. The molecule has 1 aromatic carbocycles. The molecule has 1 aromatic heterocycles. The van der Waals surface area contributed by atoms with Crippen LogP contribution in [0.3, 0.4) is 0 Å². The van der Waals surface area contributed by atoms with E-state index in [2.05, 4.69) is 34.0 Å². The molecule has 18 heteroatoms. The van der Waals surface area contributed by atoms with Crippen LogP contribution in [0.15, 0.2) is 30.5 Å². The maximum absolute atomic E-state index is 13.0. The van der Waals surface area contributed by atoms with E-state index in [4.69, 9.17) is 33.5 Å². The van der Waals surface area contributed by atoms with E-state index in [-0.39, 0.29) is 75.7 Å². The highest BCUT2D eigenvalue weighted by Crippen LogP contribution is 2.53. The van der Waals surface area contributed by atoms with E-state index in [1.807, 2.05) is 16.8 Å². The van der Waals surface area contributed by atoms with Crippen molar-refractivity contribution in [3.8, 4) is 17.5 Å². The van der Waals surface area contributed by atoms with Gasteiger partial charge in [-0.1, -0.05) is 0 Å². The molecule has 0 aliphatic heterocycles. The summed E-state index contributed by atoms with van der Waals surface area (Å²) in [6.07, 6.45) is 11.2. The first-order valence-corrected chi connectivity index (χ1v) is 25.8. The number of ketones is 2. The van der Waals surface area contributed by atoms with Gasteiger partial charge in [0.05, 0.1) is 77.3 Å².